The molecule has 10 heteroatoms. The smallest absolute Gasteiger partial charge is 0.258 e. The summed E-state index contributed by atoms with van der Waals surface area (Å²) in [5.41, 5.74) is 4.27. The number of nitrogens with zero attached hydrogens (tertiary/aromatic N) is 4. The molecule has 0 radical (unpaired) electrons. The van der Waals surface area contributed by atoms with E-state index >= 15 is 0 Å². The van der Waals surface area contributed by atoms with Crippen LogP contribution in [0.1, 0.15) is 54.6 Å². The van der Waals surface area contributed by atoms with Crippen LogP contribution in [0.25, 0.3) is 0 Å². The summed E-state index contributed by atoms with van der Waals surface area (Å²) in [5, 5.41) is 11.7. The highest BCUT2D eigenvalue weighted by Gasteiger charge is 2.40. The minimum absolute atomic E-state index is 0.119. The Bertz CT molecular complexity index is 1210. The Labute approximate surface area is 239 Å². The Balaban J connectivity index is 1.33. The van der Waals surface area contributed by atoms with Crippen LogP contribution in [0.5, 0.6) is 0 Å². The fraction of sp³-hybridized carbons (Fsp3) is 0.519. The van der Waals surface area contributed by atoms with Gasteiger partial charge in [-0.05, 0) is 86.7 Å². The number of hydrogen-bond acceptors (Lipinski definition) is 4. The van der Waals surface area contributed by atoms with E-state index in [2.05, 4.69) is 48.9 Å². The van der Waals surface area contributed by atoms with Gasteiger partial charge in [-0.15, -0.1) is 0 Å². The van der Waals surface area contributed by atoms with Crippen molar-refractivity contribution in [1.82, 2.24) is 14.7 Å². The standard InChI is InChI=1S/C27H32Br2ClN4O3/c1-17(35)31-8-6-18(7-9-31)14-24(36)32-10-12-33(13-11-32)27-22-4-5-23(30)25(29)21(22)3-2-19-15-20(28)16-34(37)26(19)27/h4-5,15-16,18,27,37H,2-3,6-14H2,1H3/q+1. The Hall–Kier alpha value is -1.68. The van der Waals surface area contributed by atoms with Crippen LogP contribution in [0.2, 0.25) is 5.02 Å². The lowest BCUT2D eigenvalue weighted by molar-refractivity contribution is -0.911. The third-order valence-corrected chi connectivity index (χ3v) is 10.0. The van der Waals surface area contributed by atoms with Gasteiger partial charge in [0, 0.05) is 67.4 Å². The highest BCUT2D eigenvalue weighted by atomic mass is 79.9. The van der Waals surface area contributed by atoms with Crippen molar-refractivity contribution in [2.45, 2.75) is 45.1 Å². The molecule has 198 valence electrons. The number of amides is 2. The summed E-state index contributed by atoms with van der Waals surface area (Å²) in [7, 11) is 0. The molecular formula is C27H32Br2ClN4O3+. The number of aromatic nitrogens is 1. The number of benzene rings is 1. The summed E-state index contributed by atoms with van der Waals surface area (Å²) in [6, 6.07) is 5.94. The molecule has 37 heavy (non-hydrogen) atoms. The Morgan fingerprint density at radius 2 is 1.76 bits per heavy atom. The first-order chi connectivity index (χ1) is 17.7. The number of fused-ring (bicyclic) bond motifs is 2. The Morgan fingerprint density at radius 3 is 2.43 bits per heavy atom. The highest BCUT2D eigenvalue weighted by Crippen LogP contribution is 2.41. The second-order valence-corrected chi connectivity index (χ2v) is 12.4. The number of pyridine rings is 1. The van der Waals surface area contributed by atoms with Crippen LogP contribution >= 0.6 is 43.5 Å². The van der Waals surface area contributed by atoms with Gasteiger partial charge >= 0.3 is 0 Å². The van der Waals surface area contributed by atoms with Gasteiger partial charge in [0.2, 0.25) is 18.0 Å². The maximum Gasteiger partial charge on any atom is 0.258 e. The number of hydrogen-bond donors (Lipinski definition) is 1. The summed E-state index contributed by atoms with van der Waals surface area (Å²) in [6.07, 6.45) is 5.64. The lowest BCUT2D eigenvalue weighted by Crippen LogP contribution is -2.52. The largest absolute Gasteiger partial charge is 0.343 e. The third kappa shape index (κ3) is 5.56. The number of piperazine rings is 1. The van der Waals surface area contributed by atoms with Crippen LogP contribution in [-0.2, 0) is 22.4 Å². The first-order valence-electron chi connectivity index (χ1n) is 12.9. The van der Waals surface area contributed by atoms with Crippen molar-refractivity contribution in [2.75, 3.05) is 39.3 Å². The topological polar surface area (TPSA) is 68.0 Å². The molecular weight excluding hydrogens is 624 g/mol. The molecule has 2 saturated heterocycles. The van der Waals surface area contributed by atoms with Crippen LogP contribution in [0, 0.1) is 5.92 Å². The number of aryl methyl sites for hydroxylation is 1. The van der Waals surface area contributed by atoms with Crippen LogP contribution in [-0.4, -0.2) is 71.0 Å². The molecule has 1 N–H and O–H groups in total. The van der Waals surface area contributed by atoms with Gasteiger partial charge in [-0.1, -0.05) is 17.7 Å². The van der Waals surface area contributed by atoms with Crippen LogP contribution in [0.4, 0.5) is 0 Å². The molecule has 1 unspecified atom stereocenters. The molecule has 5 rings (SSSR count). The molecule has 1 aromatic carbocycles. The number of piperidine rings is 1. The summed E-state index contributed by atoms with van der Waals surface area (Å²) < 4.78 is 3.00. The predicted molar refractivity (Wildman–Crippen MR) is 148 cm³/mol. The van der Waals surface area contributed by atoms with Gasteiger partial charge < -0.3 is 9.80 Å². The molecule has 1 atom stereocenters. The molecule has 2 aromatic rings. The predicted octanol–water partition coefficient (Wildman–Crippen LogP) is 4.37. The van der Waals surface area contributed by atoms with E-state index in [1.807, 2.05) is 15.9 Å². The van der Waals surface area contributed by atoms with Gasteiger partial charge in [-0.25, -0.2) is 0 Å². The molecule has 0 bridgehead atoms. The molecule has 1 aliphatic carbocycles. The van der Waals surface area contributed by atoms with Gasteiger partial charge in [0.15, 0.2) is 0 Å². The van der Waals surface area contributed by atoms with E-state index in [1.54, 1.807) is 13.1 Å². The van der Waals surface area contributed by atoms with Crippen LogP contribution in [0.3, 0.4) is 0 Å². The average Bonchev–Trinajstić information content (AvgIpc) is 3.04. The fourth-order valence-corrected chi connectivity index (χ4v) is 7.27. The van der Waals surface area contributed by atoms with E-state index in [-0.39, 0.29) is 17.9 Å². The molecule has 0 saturated carbocycles. The molecule has 1 aromatic heterocycles. The normalized spacial score (nSPS) is 20.8. The summed E-state index contributed by atoms with van der Waals surface area (Å²) in [6.45, 7) is 5.85. The minimum Gasteiger partial charge on any atom is -0.343 e. The minimum atomic E-state index is -0.146. The van der Waals surface area contributed by atoms with E-state index in [0.29, 0.717) is 43.5 Å². The number of likely N-dealkylation sites (tertiary alicyclic amines) is 1. The zero-order valence-electron chi connectivity index (χ0n) is 20.9. The van der Waals surface area contributed by atoms with E-state index in [1.165, 1.54) is 10.3 Å². The van der Waals surface area contributed by atoms with E-state index in [4.69, 9.17) is 11.6 Å². The van der Waals surface area contributed by atoms with Crippen molar-refractivity contribution in [1.29, 1.82) is 0 Å². The lowest BCUT2D eigenvalue weighted by Gasteiger charge is -2.39. The zero-order chi connectivity index (χ0) is 26.3. The highest BCUT2D eigenvalue weighted by molar-refractivity contribution is 9.10. The molecule has 2 fully saturated rings. The Morgan fingerprint density at radius 1 is 1.05 bits per heavy atom. The first-order valence-corrected chi connectivity index (χ1v) is 14.9. The molecule has 2 amide bonds. The van der Waals surface area contributed by atoms with Gasteiger partial charge in [-0.3, -0.25) is 19.7 Å². The number of carbonyl (C=O) groups is 2. The van der Waals surface area contributed by atoms with Crippen molar-refractivity contribution >= 4 is 55.3 Å². The van der Waals surface area contributed by atoms with E-state index in [9.17, 15) is 14.8 Å². The van der Waals surface area contributed by atoms with Gasteiger partial charge in [0.25, 0.3) is 5.69 Å². The van der Waals surface area contributed by atoms with Gasteiger partial charge in [0.05, 0.1) is 9.50 Å². The van der Waals surface area contributed by atoms with Crippen LogP contribution in [0.15, 0.2) is 33.3 Å². The van der Waals surface area contributed by atoms with Gasteiger partial charge in [0.1, 0.15) is 6.04 Å². The molecule has 7 nitrogen and oxygen atoms in total. The molecule has 3 aliphatic rings. The second-order valence-electron chi connectivity index (χ2n) is 10.3. The second kappa shape index (κ2) is 11.2. The maximum atomic E-state index is 13.1. The molecule has 3 heterocycles. The number of halogens is 3. The molecule has 0 spiro atoms. The fourth-order valence-electron chi connectivity index (χ4n) is 6.06. The van der Waals surface area contributed by atoms with Crippen molar-refractivity contribution in [3.05, 3.63) is 60.7 Å². The van der Waals surface area contributed by atoms with Crippen LogP contribution < -0.4 is 4.73 Å². The third-order valence-electron chi connectivity index (χ3n) is 8.12. The quantitative estimate of drug-likeness (QED) is 0.394. The Kier molecular flexibility index (Phi) is 8.15. The average molecular weight is 656 g/mol. The summed E-state index contributed by atoms with van der Waals surface area (Å²) >= 11 is 13.7. The van der Waals surface area contributed by atoms with E-state index in [0.717, 1.165) is 64.5 Å². The summed E-state index contributed by atoms with van der Waals surface area (Å²) in [4.78, 5) is 31.0. The SMILES string of the molecule is CC(=O)N1CCC(CC(=O)N2CCN(C3c4ccc(Cl)c(Br)c4CCc4cc(Br)c[n+](O)c43)CC2)CC1. The molecule has 2 aliphatic heterocycles. The maximum absolute atomic E-state index is 13.1. The van der Waals surface area contributed by atoms with Crippen molar-refractivity contribution in [3.8, 4) is 0 Å². The number of carbonyl (C=O) groups excluding carboxylic acids is 2. The van der Waals surface area contributed by atoms with Crippen molar-refractivity contribution < 1.29 is 19.5 Å². The first kappa shape index (κ1) is 26.9. The van der Waals surface area contributed by atoms with Crippen molar-refractivity contribution in [2.24, 2.45) is 5.92 Å². The summed E-state index contributed by atoms with van der Waals surface area (Å²) in [5.74, 6) is 0.669. The zero-order valence-corrected chi connectivity index (χ0v) is 24.9. The number of rotatable bonds is 3. The van der Waals surface area contributed by atoms with Gasteiger partial charge in [-0.2, -0.15) is 0 Å². The van der Waals surface area contributed by atoms with E-state index < -0.39 is 0 Å². The van der Waals surface area contributed by atoms with Crippen molar-refractivity contribution in [3.63, 3.8) is 0 Å². The monoisotopic (exact) mass is 653 g/mol. The lowest BCUT2D eigenvalue weighted by atomic mass is 9.92.